The van der Waals surface area contributed by atoms with Crippen LogP contribution in [0.5, 0.6) is 0 Å². The highest BCUT2D eigenvalue weighted by molar-refractivity contribution is 7.45. The summed E-state index contributed by atoms with van der Waals surface area (Å²) in [5.74, 6) is -0.613. The van der Waals surface area contributed by atoms with Gasteiger partial charge in [-0.15, -0.1) is 0 Å². The maximum Gasteiger partial charge on any atom is 0.306 e. The van der Waals surface area contributed by atoms with E-state index in [1.54, 1.807) is 0 Å². The lowest BCUT2D eigenvalue weighted by Crippen LogP contribution is -2.47. The standard InChI is InChI=1S/C71H125N2O7P/c1-7-10-13-16-19-22-25-27-29-31-32-33-34-35-36-37-38-39-40-42-43-45-48-51-54-57-60-63-70(74)72-68(67-79-81(76,77)78-66-65-73(4,5)6)69(62-59-56-53-50-47-24-21-18-15-12-9-3)80-71(75)64-61-58-55-52-49-46-44-41-30-28-26-23-20-17-14-11-8-2/h19-20,22-23,27-30,32-33,35-36,44,46,52,55,59,62,68-69H,7-18,21,24-26,31,34,37-43,45,47-51,53-54,56-58,60-61,63-67H2,1-6H3,(H-,72,74,76,77)/b22-19-,23-20-,29-27-,30-28-,33-32-,36-35-,46-44-,55-52-,62-59-. The van der Waals surface area contributed by atoms with E-state index in [4.69, 9.17) is 13.8 Å². The number of phosphoric ester groups is 1. The highest BCUT2D eigenvalue weighted by atomic mass is 31.2. The van der Waals surface area contributed by atoms with Crippen LogP contribution < -0.4 is 10.2 Å². The van der Waals surface area contributed by atoms with Crippen LogP contribution in [-0.4, -0.2) is 69.4 Å². The maximum absolute atomic E-state index is 13.6. The fraction of sp³-hybridized carbons (Fsp3) is 0.718. The van der Waals surface area contributed by atoms with Crippen LogP contribution in [0.15, 0.2) is 109 Å². The Labute approximate surface area is 500 Å². The topological polar surface area (TPSA) is 114 Å². The number of amides is 1. The highest BCUT2D eigenvalue weighted by Crippen LogP contribution is 2.38. The van der Waals surface area contributed by atoms with E-state index in [1.165, 1.54) is 141 Å². The van der Waals surface area contributed by atoms with Gasteiger partial charge in [-0.3, -0.25) is 14.2 Å². The SMILES string of the molecule is CCCCC/C=C\C/C=C\C/C=C\C/C=C\CCCCCCCCCCCCCC(=O)NC(COP(=O)([O-])OCC[N+](C)(C)C)C(/C=C\CCCCCCCCCCC)OC(=O)CCC/C=C\C/C=C\C/C=C\C/C=C\CCCCC. The van der Waals surface area contributed by atoms with Gasteiger partial charge in [-0.25, -0.2) is 0 Å². The van der Waals surface area contributed by atoms with E-state index in [0.29, 0.717) is 23.9 Å². The summed E-state index contributed by atoms with van der Waals surface area (Å²) in [6.07, 6.45) is 82.1. The van der Waals surface area contributed by atoms with Crippen molar-refractivity contribution in [1.82, 2.24) is 5.32 Å². The van der Waals surface area contributed by atoms with Crippen molar-refractivity contribution in [2.45, 2.75) is 290 Å². The Morgan fingerprint density at radius 2 is 0.765 bits per heavy atom. The number of unbranched alkanes of at least 4 members (excludes halogenated alkanes) is 27. The summed E-state index contributed by atoms with van der Waals surface area (Å²) in [5.41, 5.74) is 0. The quantitative estimate of drug-likeness (QED) is 0.0212. The maximum atomic E-state index is 13.6. The van der Waals surface area contributed by atoms with Gasteiger partial charge in [0.2, 0.25) is 5.91 Å². The van der Waals surface area contributed by atoms with Gasteiger partial charge in [0.25, 0.3) is 7.82 Å². The molecule has 0 bridgehead atoms. The molecule has 9 nitrogen and oxygen atoms in total. The Kier molecular flexibility index (Phi) is 57.4. The second-order valence-electron chi connectivity index (χ2n) is 23.3. The van der Waals surface area contributed by atoms with E-state index in [1.807, 2.05) is 33.3 Å². The van der Waals surface area contributed by atoms with E-state index >= 15 is 0 Å². The molecule has 0 radical (unpaired) electrons. The number of ether oxygens (including phenoxy) is 1. The van der Waals surface area contributed by atoms with Crippen LogP contribution in [0.2, 0.25) is 0 Å². The molecule has 3 atom stereocenters. The van der Waals surface area contributed by atoms with E-state index in [2.05, 4.69) is 123 Å². The Hall–Kier alpha value is -3.33. The van der Waals surface area contributed by atoms with E-state index < -0.39 is 32.5 Å². The van der Waals surface area contributed by atoms with E-state index in [0.717, 1.165) is 96.3 Å². The largest absolute Gasteiger partial charge is 0.756 e. The molecule has 1 N–H and O–H groups in total. The summed E-state index contributed by atoms with van der Waals surface area (Å²) >= 11 is 0. The summed E-state index contributed by atoms with van der Waals surface area (Å²) < 4.78 is 30.3. The Balaban J connectivity index is 5.14. The van der Waals surface area contributed by atoms with Gasteiger partial charge in [-0.05, 0) is 115 Å². The number of rotatable bonds is 59. The van der Waals surface area contributed by atoms with Crippen LogP contribution in [0.1, 0.15) is 278 Å². The lowest BCUT2D eigenvalue weighted by Gasteiger charge is -2.30. The third-order valence-electron chi connectivity index (χ3n) is 14.2. The minimum Gasteiger partial charge on any atom is -0.756 e. The normalized spacial score (nSPS) is 14.3. The number of carbonyl (C=O) groups excluding carboxylic acids is 2. The van der Waals surface area contributed by atoms with Crippen molar-refractivity contribution >= 4 is 19.7 Å². The molecule has 3 unspecified atom stereocenters. The average molecular weight is 1150 g/mol. The first-order valence-corrected chi connectivity index (χ1v) is 34.7. The third-order valence-corrected chi connectivity index (χ3v) is 15.1. The minimum absolute atomic E-state index is 0.0361. The van der Waals surface area contributed by atoms with Crippen LogP contribution in [0.3, 0.4) is 0 Å². The summed E-state index contributed by atoms with van der Waals surface area (Å²) in [6, 6.07) is -0.919. The molecule has 0 aromatic rings. The van der Waals surface area contributed by atoms with Crippen molar-refractivity contribution in [2.24, 2.45) is 0 Å². The average Bonchev–Trinajstić information content (AvgIpc) is 3.43. The fourth-order valence-electron chi connectivity index (χ4n) is 9.03. The number of hydrogen-bond donors (Lipinski definition) is 1. The Morgan fingerprint density at radius 1 is 0.432 bits per heavy atom. The molecule has 0 aromatic heterocycles. The highest BCUT2D eigenvalue weighted by Gasteiger charge is 2.27. The molecule has 10 heteroatoms. The molecule has 0 aliphatic rings. The number of phosphoric acid groups is 1. The first kappa shape index (κ1) is 77.7. The monoisotopic (exact) mass is 1150 g/mol. The molecular formula is C71H125N2O7P. The van der Waals surface area contributed by atoms with Crippen molar-refractivity contribution < 1.29 is 37.3 Å². The van der Waals surface area contributed by atoms with Crippen molar-refractivity contribution in [3.05, 3.63) is 109 Å². The molecular weight excluding hydrogens is 1020 g/mol. The predicted octanol–water partition coefficient (Wildman–Crippen LogP) is 20.3. The molecule has 0 aromatic carbocycles. The molecule has 0 spiro atoms. The number of nitrogens with one attached hydrogen (secondary N) is 1. The van der Waals surface area contributed by atoms with Crippen molar-refractivity contribution in [3.8, 4) is 0 Å². The van der Waals surface area contributed by atoms with Crippen molar-refractivity contribution in [2.75, 3.05) is 40.9 Å². The molecule has 0 saturated carbocycles. The molecule has 1 amide bonds. The smallest absolute Gasteiger partial charge is 0.306 e. The lowest BCUT2D eigenvalue weighted by molar-refractivity contribution is -0.870. The predicted molar refractivity (Wildman–Crippen MR) is 348 cm³/mol. The van der Waals surface area contributed by atoms with Gasteiger partial charge >= 0.3 is 5.97 Å². The molecule has 0 fully saturated rings. The van der Waals surface area contributed by atoms with Gasteiger partial charge in [0.1, 0.15) is 19.3 Å². The number of nitrogens with zero attached hydrogens (tertiary/aromatic N) is 1. The van der Waals surface area contributed by atoms with Gasteiger partial charge in [-0.2, -0.15) is 0 Å². The first-order valence-electron chi connectivity index (χ1n) is 33.2. The van der Waals surface area contributed by atoms with Gasteiger partial charge in [0, 0.05) is 12.8 Å². The zero-order chi connectivity index (χ0) is 59.3. The minimum atomic E-state index is -4.72. The van der Waals surface area contributed by atoms with Crippen LogP contribution in [0.25, 0.3) is 0 Å². The van der Waals surface area contributed by atoms with Gasteiger partial charge in [0.05, 0.1) is 33.8 Å². The molecule has 81 heavy (non-hydrogen) atoms. The second-order valence-corrected chi connectivity index (χ2v) is 24.7. The van der Waals surface area contributed by atoms with Crippen LogP contribution >= 0.6 is 7.82 Å². The number of carbonyl (C=O) groups is 2. The first-order chi connectivity index (χ1) is 39.4. The molecule has 0 heterocycles. The Bertz CT molecular complexity index is 1750. The van der Waals surface area contributed by atoms with Crippen LogP contribution in [-0.2, 0) is 27.9 Å². The molecule has 0 rings (SSSR count). The zero-order valence-corrected chi connectivity index (χ0v) is 54.1. The van der Waals surface area contributed by atoms with Crippen molar-refractivity contribution in [1.29, 1.82) is 0 Å². The van der Waals surface area contributed by atoms with Crippen LogP contribution in [0.4, 0.5) is 0 Å². The number of esters is 1. The number of allylic oxidation sites excluding steroid dienone is 17. The summed E-state index contributed by atoms with van der Waals surface area (Å²) in [4.78, 5) is 40.0. The zero-order valence-electron chi connectivity index (χ0n) is 53.2. The number of hydrogen-bond acceptors (Lipinski definition) is 7. The third kappa shape index (κ3) is 61.1. The fourth-order valence-corrected chi connectivity index (χ4v) is 9.75. The van der Waals surface area contributed by atoms with Crippen LogP contribution in [0, 0.1) is 0 Å². The van der Waals surface area contributed by atoms with Gasteiger partial charge < -0.3 is 28.5 Å². The van der Waals surface area contributed by atoms with Crippen molar-refractivity contribution in [3.63, 3.8) is 0 Å². The van der Waals surface area contributed by atoms with Gasteiger partial charge in [-0.1, -0.05) is 259 Å². The lowest BCUT2D eigenvalue weighted by atomic mass is 10.0. The van der Waals surface area contributed by atoms with E-state index in [9.17, 15) is 19.0 Å². The van der Waals surface area contributed by atoms with E-state index in [-0.39, 0.29) is 18.9 Å². The Morgan fingerprint density at radius 3 is 1.17 bits per heavy atom. The molecule has 0 saturated heterocycles. The summed E-state index contributed by atoms with van der Waals surface area (Å²) in [7, 11) is 1.14. The second kappa shape index (κ2) is 59.8. The summed E-state index contributed by atoms with van der Waals surface area (Å²) in [6.45, 7) is 6.74. The number of quaternary nitrogens is 1. The molecule has 0 aliphatic heterocycles. The molecule has 466 valence electrons. The molecule has 0 aliphatic carbocycles. The number of likely N-dealkylation sites (N-methyl/N-ethyl adjacent to an activating group) is 1. The van der Waals surface area contributed by atoms with Gasteiger partial charge in [0.15, 0.2) is 0 Å². The summed E-state index contributed by atoms with van der Waals surface area (Å²) in [5, 5.41) is 3.02.